The molecule has 2 aliphatic heterocycles. The van der Waals surface area contributed by atoms with Crippen LogP contribution in [0.3, 0.4) is 0 Å². The van der Waals surface area contributed by atoms with Crippen LogP contribution in [0, 0.1) is 5.41 Å². The van der Waals surface area contributed by atoms with Gasteiger partial charge in [-0.3, -0.25) is 4.90 Å². The Balaban J connectivity index is 1.82. The van der Waals surface area contributed by atoms with Crippen LogP contribution in [0.15, 0.2) is 11.6 Å². The van der Waals surface area contributed by atoms with Crippen LogP contribution >= 0.6 is 0 Å². The summed E-state index contributed by atoms with van der Waals surface area (Å²) in [7, 11) is 0. The number of ether oxygens (including phenoxy) is 1. The fraction of sp³-hybridized carbons (Fsp3) is 0.818. The van der Waals surface area contributed by atoms with Crippen LogP contribution in [-0.4, -0.2) is 43.7 Å². The maximum absolute atomic E-state index is 5.49. The lowest BCUT2D eigenvalue weighted by Crippen LogP contribution is -2.40. The van der Waals surface area contributed by atoms with Crippen LogP contribution < -0.4 is 0 Å². The molecule has 0 unspecified atom stereocenters. The van der Waals surface area contributed by atoms with E-state index in [0.29, 0.717) is 5.41 Å². The summed E-state index contributed by atoms with van der Waals surface area (Å²) in [5, 5.41) is 0. The summed E-state index contributed by atoms with van der Waals surface area (Å²) in [5.74, 6) is 2.58. The molecule has 2 heterocycles. The highest BCUT2D eigenvalue weighted by molar-refractivity contribution is 5.46. The summed E-state index contributed by atoms with van der Waals surface area (Å²) in [6.07, 6.45) is 3.78. The van der Waals surface area contributed by atoms with Crippen molar-refractivity contribution in [2.45, 2.75) is 19.3 Å². The molecular formula is C11H18N2O. The van der Waals surface area contributed by atoms with Gasteiger partial charge in [-0.2, -0.15) is 0 Å². The van der Waals surface area contributed by atoms with Crippen molar-refractivity contribution in [1.82, 2.24) is 4.90 Å². The second-order valence-corrected chi connectivity index (χ2v) is 4.38. The third-order valence-corrected chi connectivity index (χ3v) is 3.48. The molecule has 0 atom stereocenters. The van der Waals surface area contributed by atoms with E-state index in [0.717, 1.165) is 33.0 Å². The Morgan fingerprint density at radius 2 is 2.14 bits per heavy atom. The van der Waals surface area contributed by atoms with Gasteiger partial charge in [0.05, 0.1) is 6.61 Å². The van der Waals surface area contributed by atoms with Crippen LogP contribution in [0.2, 0.25) is 0 Å². The first kappa shape index (κ1) is 9.91. The van der Waals surface area contributed by atoms with Gasteiger partial charge in [-0.1, -0.05) is 0 Å². The number of hydrogen-bond donors (Lipinski definition) is 0. The molecule has 0 saturated carbocycles. The average molecular weight is 194 g/mol. The van der Waals surface area contributed by atoms with Crippen LogP contribution in [0.5, 0.6) is 0 Å². The molecule has 78 valence electrons. The molecule has 0 aromatic rings. The zero-order chi connectivity index (χ0) is 9.86. The third kappa shape index (κ3) is 2.06. The van der Waals surface area contributed by atoms with Gasteiger partial charge in [-0.25, -0.2) is 4.99 Å². The Labute approximate surface area is 85.5 Å². The minimum Gasteiger partial charge on any atom is -0.381 e. The third-order valence-electron chi connectivity index (χ3n) is 3.48. The fourth-order valence-electron chi connectivity index (χ4n) is 2.36. The molecule has 0 radical (unpaired) electrons. The summed E-state index contributed by atoms with van der Waals surface area (Å²) < 4.78 is 5.49. The van der Waals surface area contributed by atoms with E-state index in [1.807, 2.05) is 0 Å². The van der Waals surface area contributed by atoms with Gasteiger partial charge in [0.1, 0.15) is 6.67 Å². The maximum atomic E-state index is 5.49. The first-order valence-corrected chi connectivity index (χ1v) is 5.33. The van der Waals surface area contributed by atoms with Crippen molar-refractivity contribution in [3.63, 3.8) is 0 Å². The van der Waals surface area contributed by atoms with E-state index in [9.17, 15) is 0 Å². The number of likely N-dealkylation sites (tertiary alicyclic amines) is 1. The molecular weight excluding hydrogens is 176 g/mol. The summed E-state index contributed by atoms with van der Waals surface area (Å²) in [4.78, 5) is 6.41. The molecule has 0 aliphatic carbocycles. The van der Waals surface area contributed by atoms with Crippen molar-refractivity contribution in [1.29, 1.82) is 0 Å². The second-order valence-electron chi connectivity index (χ2n) is 4.38. The van der Waals surface area contributed by atoms with Gasteiger partial charge in [0.25, 0.3) is 0 Å². The van der Waals surface area contributed by atoms with E-state index in [1.165, 1.54) is 19.3 Å². The van der Waals surface area contributed by atoms with E-state index < -0.39 is 0 Å². The molecule has 2 saturated heterocycles. The lowest BCUT2D eigenvalue weighted by atomic mass is 9.78. The van der Waals surface area contributed by atoms with E-state index in [2.05, 4.69) is 22.3 Å². The molecule has 0 bridgehead atoms. The van der Waals surface area contributed by atoms with Crippen molar-refractivity contribution in [3.8, 4) is 0 Å². The first-order valence-electron chi connectivity index (χ1n) is 5.33. The smallest absolute Gasteiger partial charge is 0.100 e. The molecule has 14 heavy (non-hydrogen) atoms. The van der Waals surface area contributed by atoms with Gasteiger partial charge in [0.2, 0.25) is 0 Å². The van der Waals surface area contributed by atoms with Gasteiger partial charge in [-0.05, 0) is 37.1 Å². The van der Waals surface area contributed by atoms with E-state index in [4.69, 9.17) is 4.74 Å². The van der Waals surface area contributed by atoms with Gasteiger partial charge >= 0.3 is 0 Å². The second kappa shape index (κ2) is 4.26. The van der Waals surface area contributed by atoms with E-state index in [1.54, 1.807) is 0 Å². The molecule has 3 nitrogen and oxygen atoms in total. The summed E-state index contributed by atoms with van der Waals surface area (Å²) in [6.45, 7) is 8.48. The molecule has 2 rings (SSSR count). The molecule has 2 fully saturated rings. The minimum absolute atomic E-state index is 0.508. The van der Waals surface area contributed by atoms with Crippen LogP contribution in [0.25, 0.3) is 0 Å². The highest BCUT2D eigenvalue weighted by Gasteiger charge is 2.37. The zero-order valence-corrected chi connectivity index (χ0v) is 8.67. The predicted octanol–water partition coefficient (Wildman–Crippen LogP) is 1.30. The van der Waals surface area contributed by atoms with Gasteiger partial charge in [0, 0.05) is 19.7 Å². The molecule has 0 N–H and O–H groups in total. The van der Waals surface area contributed by atoms with Crippen molar-refractivity contribution >= 4 is 5.87 Å². The van der Waals surface area contributed by atoms with Gasteiger partial charge < -0.3 is 4.74 Å². The highest BCUT2D eigenvalue weighted by Crippen LogP contribution is 2.38. The standard InChI is InChI=1S/C11H18N2O/c1-2-12-10-13-6-3-11(4-7-13)5-8-14-9-11/h1,3-10H2. The largest absolute Gasteiger partial charge is 0.381 e. The Morgan fingerprint density at radius 3 is 2.71 bits per heavy atom. The normalized spacial score (nSPS) is 26.3. The molecule has 0 aromatic carbocycles. The first-order chi connectivity index (χ1) is 6.85. The Bertz CT molecular complexity index is 230. The maximum Gasteiger partial charge on any atom is 0.100 e. The lowest BCUT2D eigenvalue weighted by Gasteiger charge is -2.37. The van der Waals surface area contributed by atoms with Crippen molar-refractivity contribution in [2.75, 3.05) is 33.0 Å². The Kier molecular flexibility index (Phi) is 3.02. The zero-order valence-electron chi connectivity index (χ0n) is 8.67. The summed E-state index contributed by atoms with van der Waals surface area (Å²) in [5.41, 5.74) is 0.508. The highest BCUT2D eigenvalue weighted by atomic mass is 16.5. The number of rotatable bonds is 2. The van der Waals surface area contributed by atoms with Crippen LogP contribution in [-0.2, 0) is 4.74 Å². The molecule has 0 amide bonds. The summed E-state index contributed by atoms with van der Waals surface area (Å²) in [6, 6.07) is 0. The van der Waals surface area contributed by atoms with Gasteiger partial charge in [-0.15, -0.1) is 0 Å². The lowest BCUT2D eigenvalue weighted by molar-refractivity contribution is 0.0823. The predicted molar refractivity (Wildman–Crippen MR) is 56.6 cm³/mol. The van der Waals surface area contributed by atoms with E-state index in [-0.39, 0.29) is 0 Å². The number of piperidine rings is 1. The average Bonchev–Trinajstić information content (AvgIpc) is 2.66. The van der Waals surface area contributed by atoms with Crippen molar-refractivity contribution in [3.05, 3.63) is 6.58 Å². The van der Waals surface area contributed by atoms with Crippen molar-refractivity contribution in [2.24, 2.45) is 10.4 Å². The van der Waals surface area contributed by atoms with Crippen molar-refractivity contribution < 1.29 is 4.74 Å². The summed E-state index contributed by atoms with van der Waals surface area (Å²) >= 11 is 0. The molecule has 2 aliphatic rings. The fourth-order valence-corrected chi connectivity index (χ4v) is 2.36. The SMILES string of the molecule is C=C=NCN1CCC2(CCOC2)CC1. The monoisotopic (exact) mass is 194 g/mol. The number of aliphatic imine (C=N–C) groups is 1. The van der Waals surface area contributed by atoms with E-state index >= 15 is 0 Å². The van der Waals surface area contributed by atoms with Crippen LogP contribution in [0.4, 0.5) is 0 Å². The molecule has 1 spiro atoms. The Hall–Kier alpha value is -0.630. The van der Waals surface area contributed by atoms with Crippen LogP contribution in [0.1, 0.15) is 19.3 Å². The minimum atomic E-state index is 0.508. The van der Waals surface area contributed by atoms with Gasteiger partial charge in [0.15, 0.2) is 0 Å². The quantitative estimate of drug-likeness (QED) is 0.619. The number of hydrogen-bond acceptors (Lipinski definition) is 3. The Morgan fingerprint density at radius 1 is 1.36 bits per heavy atom. The number of nitrogens with zero attached hydrogens (tertiary/aromatic N) is 2. The molecule has 3 heteroatoms. The molecule has 0 aromatic heterocycles. The topological polar surface area (TPSA) is 24.8 Å².